The van der Waals surface area contributed by atoms with Gasteiger partial charge in [0.15, 0.2) is 0 Å². The fraction of sp³-hybridized carbons (Fsp3) is 0.900. The fourth-order valence-corrected chi connectivity index (χ4v) is 2.75. The van der Waals surface area contributed by atoms with Gasteiger partial charge in [0.25, 0.3) is 0 Å². The molecule has 0 aromatic rings. The zero-order valence-corrected chi connectivity index (χ0v) is 6.97. The molecule has 2 aliphatic rings. The van der Waals surface area contributed by atoms with Gasteiger partial charge in [-0.15, -0.1) is 0 Å². The molecule has 0 aliphatic heterocycles. The second-order valence-corrected chi connectivity index (χ2v) is 4.14. The van der Waals surface area contributed by atoms with Crippen molar-refractivity contribution in [2.75, 3.05) is 0 Å². The molecule has 0 bridgehead atoms. The quantitative estimate of drug-likeness (QED) is 0.519. The lowest BCUT2D eigenvalue weighted by molar-refractivity contribution is 0.0261. The predicted octanol–water partition coefficient (Wildman–Crippen LogP) is 2.87. The van der Waals surface area contributed by atoms with Gasteiger partial charge < -0.3 is 0 Å². The van der Waals surface area contributed by atoms with Gasteiger partial charge >= 0.3 is 0 Å². The second kappa shape index (κ2) is 2.52. The van der Waals surface area contributed by atoms with E-state index in [4.69, 9.17) is 5.26 Å². The van der Waals surface area contributed by atoms with Crippen LogP contribution >= 0.6 is 0 Å². The Bertz CT molecular complexity index is 184. The molecule has 2 fully saturated rings. The maximum atomic E-state index is 8.85. The van der Waals surface area contributed by atoms with E-state index >= 15 is 0 Å². The zero-order chi connectivity index (χ0) is 7.73. The average Bonchev–Trinajstić information content (AvgIpc) is 2.05. The molecular formula is C10H15N. The molecule has 0 aromatic heterocycles. The van der Waals surface area contributed by atoms with Crippen molar-refractivity contribution in [3.05, 3.63) is 0 Å². The molecule has 2 rings (SSSR count). The average molecular weight is 149 g/mol. The summed E-state index contributed by atoms with van der Waals surface area (Å²) in [6.07, 6.45) is 9.34. The van der Waals surface area contributed by atoms with Gasteiger partial charge in [0.1, 0.15) is 0 Å². The summed E-state index contributed by atoms with van der Waals surface area (Å²) in [5.41, 5.74) is 0.507. The van der Waals surface area contributed by atoms with Crippen LogP contribution in [0.4, 0.5) is 0 Å². The summed E-state index contributed by atoms with van der Waals surface area (Å²) in [5, 5.41) is 8.85. The minimum Gasteiger partial charge on any atom is -0.198 e. The summed E-state index contributed by atoms with van der Waals surface area (Å²) in [4.78, 5) is 0. The van der Waals surface area contributed by atoms with Crippen molar-refractivity contribution in [1.82, 2.24) is 0 Å². The number of nitriles is 1. The Labute approximate surface area is 68.4 Å². The standard InChI is InChI=1S/C10H15N/c11-8-9-4-7-10(9)5-2-1-3-6-10/h9H,1-7H2. The van der Waals surface area contributed by atoms with Crippen molar-refractivity contribution in [2.45, 2.75) is 44.9 Å². The maximum absolute atomic E-state index is 8.85. The van der Waals surface area contributed by atoms with Crippen LogP contribution in [-0.4, -0.2) is 0 Å². The van der Waals surface area contributed by atoms with Crippen LogP contribution in [0.5, 0.6) is 0 Å². The molecule has 2 saturated carbocycles. The van der Waals surface area contributed by atoms with E-state index in [2.05, 4.69) is 6.07 Å². The first-order chi connectivity index (χ1) is 5.37. The van der Waals surface area contributed by atoms with E-state index < -0.39 is 0 Å². The van der Waals surface area contributed by atoms with Gasteiger partial charge in [0, 0.05) is 0 Å². The van der Waals surface area contributed by atoms with Crippen molar-refractivity contribution in [3.63, 3.8) is 0 Å². The smallest absolute Gasteiger partial charge is 0.0661 e. The van der Waals surface area contributed by atoms with Gasteiger partial charge in [-0.05, 0) is 31.1 Å². The van der Waals surface area contributed by atoms with Gasteiger partial charge in [0.05, 0.1) is 12.0 Å². The van der Waals surface area contributed by atoms with Crippen molar-refractivity contribution in [2.24, 2.45) is 11.3 Å². The molecule has 0 amide bonds. The molecule has 1 heteroatoms. The lowest BCUT2D eigenvalue weighted by atomic mass is 9.54. The van der Waals surface area contributed by atoms with Crippen LogP contribution in [-0.2, 0) is 0 Å². The fourth-order valence-electron chi connectivity index (χ4n) is 2.75. The predicted molar refractivity (Wildman–Crippen MR) is 43.9 cm³/mol. The summed E-state index contributed by atoms with van der Waals surface area (Å²) in [5.74, 6) is 0.419. The lowest BCUT2D eigenvalue weighted by Crippen LogP contribution is -2.40. The monoisotopic (exact) mass is 149 g/mol. The summed E-state index contributed by atoms with van der Waals surface area (Å²) in [7, 11) is 0. The highest BCUT2D eigenvalue weighted by Crippen LogP contribution is 2.55. The molecule has 2 aliphatic carbocycles. The highest BCUT2D eigenvalue weighted by Gasteiger charge is 2.46. The maximum Gasteiger partial charge on any atom is 0.0661 e. The molecular weight excluding hydrogens is 134 g/mol. The minimum absolute atomic E-state index is 0.419. The molecule has 0 N–H and O–H groups in total. The molecule has 1 unspecified atom stereocenters. The molecule has 0 heterocycles. The van der Waals surface area contributed by atoms with Crippen molar-refractivity contribution >= 4 is 0 Å². The van der Waals surface area contributed by atoms with E-state index in [0.717, 1.165) is 0 Å². The summed E-state index contributed by atoms with van der Waals surface area (Å²) in [6.45, 7) is 0. The normalized spacial score (nSPS) is 34.3. The van der Waals surface area contributed by atoms with Crippen LogP contribution in [0.3, 0.4) is 0 Å². The third-order valence-corrected chi connectivity index (χ3v) is 3.68. The lowest BCUT2D eigenvalue weighted by Gasteiger charge is -2.49. The van der Waals surface area contributed by atoms with Gasteiger partial charge in [0.2, 0.25) is 0 Å². The number of rotatable bonds is 0. The Hall–Kier alpha value is -0.510. The van der Waals surface area contributed by atoms with Gasteiger partial charge in [-0.1, -0.05) is 19.3 Å². The molecule has 1 spiro atoms. The van der Waals surface area contributed by atoms with Crippen LogP contribution in [0.15, 0.2) is 0 Å². The number of hydrogen-bond donors (Lipinski definition) is 0. The van der Waals surface area contributed by atoms with E-state index in [0.29, 0.717) is 11.3 Å². The topological polar surface area (TPSA) is 23.8 Å². The van der Waals surface area contributed by atoms with E-state index in [9.17, 15) is 0 Å². The summed E-state index contributed by atoms with van der Waals surface area (Å²) in [6, 6.07) is 2.46. The third-order valence-electron chi connectivity index (χ3n) is 3.68. The highest BCUT2D eigenvalue weighted by molar-refractivity contribution is 5.06. The highest BCUT2D eigenvalue weighted by atomic mass is 14.5. The van der Waals surface area contributed by atoms with E-state index in [-0.39, 0.29) is 0 Å². The second-order valence-electron chi connectivity index (χ2n) is 4.14. The molecule has 1 nitrogen and oxygen atoms in total. The number of nitrogens with zero attached hydrogens (tertiary/aromatic N) is 1. The summed E-state index contributed by atoms with van der Waals surface area (Å²) >= 11 is 0. The first kappa shape index (κ1) is 7.16. The molecule has 0 aromatic carbocycles. The SMILES string of the molecule is N#CC1CCC12CCCCC2. The Kier molecular flexibility index (Phi) is 1.64. The largest absolute Gasteiger partial charge is 0.198 e. The molecule has 0 saturated heterocycles. The van der Waals surface area contributed by atoms with Gasteiger partial charge in [-0.2, -0.15) is 5.26 Å². The van der Waals surface area contributed by atoms with Crippen LogP contribution < -0.4 is 0 Å². The van der Waals surface area contributed by atoms with Crippen molar-refractivity contribution in [3.8, 4) is 6.07 Å². The summed E-state index contributed by atoms with van der Waals surface area (Å²) < 4.78 is 0. The Morgan fingerprint density at radius 3 is 2.27 bits per heavy atom. The van der Waals surface area contributed by atoms with Crippen LogP contribution in [0.25, 0.3) is 0 Å². The van der Waals surface area contributed by atoms with Gasteiger partial charge in [-0.25, -0.2) is 0 Å². The van der Waals surface area contributed by atoms with Gasteiger partial charge in [-0.3, -0.25) is 0 Å². The molecule has 1 atom stereocenters. The Balaban J connectivity index is 2.04. The Morgan fingerprint density at radius 1 is 1.09 bits per heavy atom. The van der Waals surface area contributed by atoms with Crippen molar-refractivity contribution < 1.29 is 0 Å². The molecule has 60 valence electrons. The van der Waals surface area contributed by atoms with Crippen LogP contribution in [0, 0.1) is 22.7 Å². The zero-order valence-electron chi connectivity index (χ0n) is 6.97. The van der Waals surface area contributed by atoms with E-state index in [1.165, 1.54) is 44.9 Å². The first-order valence-electron chi connectivity index (χ1n) is 4.77. The van der Waals surface area contributed by atoms with E-state index in [1.807, 2.05) is 0 Å². The third kappa shape index (κ3) is 0.965. The van der Waals surface area contributed by atoms with Crippen LogP contribution in [0.2, 0.25) is 0 Å². The van der Waals surface area contributed by atoms with E-state index in [1.54, 1.807) is 0 Å². The minimum atomic E-state index is 0.419. The number of hydrogen-bond acceptors (Lipinski definition) is 1. The molecule has 11 heavy (non-hydrogen) atoms. The van der Waals surface area contributed by atoms with Crippen LogP contribution in [0.1, 0.15) is 44.9 Å². The Morgan fingerprint density at radius 2 is 1.82 bits per heavy atom. The first-order valence-corrected chi connectivity index (χ1v) is 4.77. The van der Waals surface area contributed by atoms with Crippen molar-refractivity contribution in [1.29, 1.82) is 5.26 Å². The molecule has 0 radical (unpaired) electrons.